The van der Waals surface area contributed by atoms with E-state index in [0.29, 0.717) is 12.8 Å². The molecule has 0 heterocycles. The van der Waals surface area contributed by atoms with Crippen molar-refractivity contribution in [2.45, 2.75) is 24.9 Å². The first-order valence-electron chi connectivity index (χ1n) is 3.67. The lowest BCUT2D eigenvalue weighted by molar-refractivity contribution is 0.497. The van der Waals surface area contributed by atoms with E-state index in [4.69, 9.17) is 0 Å². The van der Waals surface area contributed by atoms with Crippen molar-refractivity contribution in [3.05, 3.63) is 12.2 Å². The Kier molecular flexibility index (Phi) is 3.15. The van der Waals surface area contributed by atoms with E-state index in [1.807, 2.05) is 12.2 Å². The van der Waals surface area contributed by atoms with Crippen LogP contribution < -0.4 is 0 Å². The first kappa shape index (κ1) is 8.60. The first-order valence-corrected chi connectivity index (χ1v) is 3.67. The van der Waals surface area contributed by atoms with Gasteiger partial charge in [-0.15, -0.1) is 0 Å². The Morgan fingerprint density at radius 1 is 1.00 bits per heavy atom. The summed E-state index contributed by atoms with van der Waals surface area (Å²) in [4.78, 5) is 27.0. The van der Waals surface area contributed by atoms with Crippen molar-refractivity contribution in [1.29, 1.82) is 0 Å². The summed E-state index contributed by atoms with van der Waals surface area (Å²) in [7, 11) is 0. The summed E-state index contributed by atoms with van der Waals surface area (Å²) in [6.45, 7) is 0. The van der Waals surface area contributed by atoms with Crippen LogP contribution in [-0.2, 0) is 9.59 Å². The summed E-state index contributed by atoms with van der Waals surface area (Å²) in [5, 5.41) is 0. The summed E-state index contributed by atoms with van der Waals surface area (Å²) >= 11 is 0. The minimum atomic E-state index is -0.228. The number of hydrogen-bond donors (Lipinski definition) is 0. The van der Waals surface area contributed by atoms with Gasteiger partial charge in [0.2, 0.25) is 12.2 Å². The molecule has 0 amide bonds. The third-order valence-electron chi connectivity index (χ3n) is 1.80. The minimum Gasteiger partial charge on any atom is -0.211 e. The highest BCUT2D eigenvalue weighted by Gasteiger charge is 2.20. The van der Waals surface area contributed by atoms with Gasteiger partial charge in [0.15, 0.2) is 0 Å². The van der Waals surface area contributed by atoms with Crippen molar-refractivity contribution in [2.24, 2.45) is 9.98 Å². The molecule has 2 unspecified atom stereocenters. The molecule has 12 heavy (non-hydrogen) atoms. The Morgan fingerprint density at radius 3 is 1.75 bits per heavy atom. The fourth-order valence-corrected chi connectivity index (χ4v) is 1.20. The molecular formula is C8H8N2O2. The van der Waals surface area contributed by atoms with Crippen LogP contribution in [0.25, 0.3) is 0 Å². The molecule has 0 aromatic rings. The van der Waals surface area contributed by atoms with Crippen molar-refractivity contribution < 1.29 is 9.59 Å². The molecule has 0 aromatic carbocycles. The average molecular weight is 164 g/mol. The Balaban J connectivity index is 2.74. The van der Waals surface area contributed by atoms with Gasteiger partial charge in [0.1, 0.15) is 0 Å². The van der Waals surface area contributed by atoms with Gasteiger partial charge in [-0.2, -0.15) is 9.98 Å². The number of isocyanates is 2. The molecule has 0 fully saturated rings. The highest BCUT2D eigenvalue weighted by Crippen LogP contribution is 2.17. The van der Waals surface area contributed by atoms with Crippen LogP contribution in [0, 0.1) is 0 Å². The zero-order chi connectivity index (χ0) is 8.81. The Morgan fingerprint density at radius 2 is 1.42 bits per heavy atom. The molecule has 1 aliphatic rings. The third kappa shape index (κ3) is 1.99. The van der Waals surface area contributed by atoms with Crippen LogP contribution >= 0.6 is 0 Å². The van der Waals surface area contributed by atoms with Crippen LogP contribution in [0.2, 0.25) is 0 Å². The van der Waals surface area contributed by atoms with E-state index in [9.17, 15) is 9.59 Å². The van der Waals surface area contributed by atoms with Gasteiger partial charge in [0, 0.05) is 0 Å². The number of rotatable bonds is 2. The Bertz CT molecular complexity index is 245. The zero-order valence-electron chi connectivity index (χ0n) is 6.43. The molecule has 0 saturated heterocycles. The summed E-state index contributed by atoms with van der Waals surface area (Å²) in [6.07, 6.45) is 8.08. The molecule has 0 aliphatic heterocycles. The largest absolute Gasteiger partial charge is 0.235 e. The van der Waals surface area contributed by atoms with E-state index >= 15 is 0 Å². The van der Waals surface area contributed by atoms with Crippen LogP contribution in [0.4, 0.5) is 0 Å². The number of carbonyl (C=O) groups excluding carboxylic acids is 2. The SMILES string of the molecule is O=C=NC1CC=CCC1N=C=O. The second-order valence-corrected chi connectivity index (χ2v) is 2.52. The second kappa shape index (κ2) is 4.39. The van der Waals surface area contributed by atoms with Gasteiger partial charge in [-0.3, -0.25) is 0 Å². The maximum Gasteiger partial charge on any atom is 0.235 e. The molecule has 4 nitrogen and oxygen atoms in total. The topological polar surface area (TPSA) is 58.9 Å². The Labute approximate surface area is 69.7 Å². The van der Waals surface area contributed by atoms with Crippen molar-refractivity contribution in [1.82, 2.24) is 0 Å². The fourth-order valence-electron chi connectivity index (χ4n) is 1.20. The van der Waals surface area contributed by atoms with E-state index in [0.717, 1.165) is 0 Å². The van der Waals surface area contributed by atoms with Crippen molar-refractivity contribution in [3.63, 3.8) is 0 Å². The molecule has 1 aliphatic carbocycles. The van der Waals surface area contributed by atoms with E-state index in [2.05, 4.69) is 9.98 Å². The molecular weight excluding hydrogens is 156 g/mol. The average Bonchev–Trinajstić information content (AvgIpc) is 2.09. The standard InChI is InChI=1S/C8H8N2O2/c11-5-9-7-3-1-2-4-8(7)10-6-12/h1-2,7-8H,3-4H2. The maximum absolute atomic E-state index is 9.97. The van der Waals surface area contributed by atoms with Gasteiger partial charge < -0.3 is 0 Å². The van der Waals surface area contributed by atoms with Gasteiger partial charge >= 0.3 is 0 Å². The van der Waals surface area contributed by atoms with Crippen LogP contribution in [0.5, 0.6) is 0 Å². The molecule has 0 aromatic heterocycles. The molecule has 0 radical (unpaired) electrons. The highest BCUT2D eigenvalue weighted by atomic mass is 16.1. The number of nitrogens with zero attached hydrogens (tertiary/aromatic N) is 2. The van der Waals surface area contributed by atoms with E-state index < -0.39 is 0 Å². The van der Waals surface area contributed by atoms with Gasteiger partial charge in [-0.25, -0.2) is 9.59 Å². The summed E-state index contributed by atoms with van der Waals surface area (Å²) in [6, 6.07) is -0.456. The minimum absolute atomic E-state index is 0.228. The lowest BCUT2D eigenvalue weighted by Crippen LogP contribution is -2.23. The molecule has 2 atom stereocenters. The number of aliphatic imine (C=N–C) groups is 2. The molecule has 0 saturated carbocycles. The maximum atomic E-state index is 9.97. The molecule has 4 heteroatoms. The monoisotopic (exact) mass is 164 g/mol. The van der Waals surface area contributed by atoms with E-state index in [1.54, 1.807) is 0 Å². The quantitative estimate of drug-likeness (QED) is 0.343. The van der Waals surface area contributed by atoms with Crippen LogP contribution in [0.15, 0.2) is 22.1 Å². The fraction of sp³-hybridized carbons (Fsp3) is 0.500. The van der Waals surface area contributed by atoms with Crippen LogP contribution in [0.1, 0.15) is 12.8 Å². The molecule has 62 valence electrons. The highest BCUT2D eigenvalue weighted by molar-refractivity contribution is 5.36. The van der Waals surface area contributed by atoms with Gasteiger partial charge in [0.25, 0.3) is 0 Å². The van der Waals surface area contributed by atoms with Gasteiger partial charge in [0.05, 0.1) is 12.1 Å². The lowest BCUT2D eigenvalue weighted by Gasteiger charge is -2.18. The predicted molar refractivity (Wildman–Crippen MR) is 42.2 cm³/mol. The van der Waals surface area contributed by atoms with Crippen molar-refractivity contribution in [2.75, 3.05) is 0 Å². The predicted octanol–water partition coefficient (Wildman–Crippen LogP) is 0.745. The zero-order valence-corrected chi connectivity index (χ0v) is 6.43. The van der Waals surface area contributed by atoms with E-state index in [-0.39, 0.29) is 12.1 Å². The van der Waals surface area contributed by atoms with Crippen LogP contribution in [-0.4, -0.2) is 24.2 Å². The van der Waals surface area contributed by atoms with E-state index in [1.165, 1.54) is 12.2 Å². The summed E-state index contributed by atoms with van der Waals surface area (Å²) in [5.41, 5.74) is 0. The van der Waals surface area contributed by atoms with Crippen LogP contribution in [0.3, 0.4) is 0 Å². The van der Waals surface area contributed by atoms with Crippen molar-refractivity contribution in [3.8, 4) is 0 Å². The first-order chi connectivity index (χ1) is 5.88. The molecule has 0 bridgehead atoms. The molecule has 1 rings (SSSR count). The van der Waals surface area contributed by atoms with Gasteiger partial charge in [-0.05, 0) is 12.8 Å². The normalized spacial score (nSPS) is 27.0. The van der Waals surface area contributed by atoms with Gasteiger partial charge in [-0.1, -0.05) is 12.2 Å². The molecule has 0 N–H and O–H groups in total. The molecule has 0 spiro atoms. The summed E-state index contributed by atoms with van der Waals surface area (Å²) in [5.74, 6) is 0. The summed E-state index contributed by atoms with van der Waals surface area (Å²) < 4.78 is 0. The van der Waals surface area contributed by atoms with Crippen molar-refractivity contribution >= 4 is 12.2 Å². The number of hydrogen-bond acceptors (Lipinski definition) is 4. The third-order valence-corrected chi connectivity index (χ3v) is 1.80. The smallest absolute Gasteiger partial charge is 0.211 e. The second-order valence-electron chi connectivity index (χ2n) is 2.52. The lowest BCUT2D eigenvalue weighted by atomic mass is 9.97. The Hall–Kier alpha value is -1.50.